The minimum Gasteiger partial charge on any atom is -0.451 e. The number of nitrogens with zero attached hydrogens (tertiary/aromatic N) is 1. The zero-order valence-electron chi connectivity index (χ0n) is 14.7. The van der Waals surface area contributed by atoms with Crippen molar-refractivity contribution in [1.29, 1.82) is 0 Å². The normalized spacial score (nSPS) is 15.7. The van der Waals surface area contributed by atoms with Gasteiger partial charge < -0.3 is 9.72 Å². The molecule has 0 spiro atoms. The minimum absolute atomic E-state index is 0.241. The molecule has 2 heterocycles. The van der Waals surface area contributed by atoms with E-state index in [0.717, 1.165) is 11.5 Å². The monoisotopic (exact) mass is 398 g/mol. The molecule has 3 aromatic rings. The lowest BCUT2D eigenvalue weighted by Gasteiger charge is -2.14. The van der Waals surface area contributed by atoms with E-state index < -0.39 is 12.1 Å². The molecule has 4 rings (SSSR count). The van der Waals surface area contributed by atoms with Gasteiger partial charge in [-0.05, 0) is 36.8 Å². The van der Waals surface area contributed by atoms with Crippen molar-refractivity contribution in [3.63, 3.8) is 0 Å². The number of esters is 1. The number of thioether (sulfide) groups is 2. The summed E-state index contributed by atoms with van der Waals surface area (Å²) in [7, 11) is 0. The largest absolute Gasteiger partial charge is 0.451 e. The first kappa shape index (κ1) is 18.1. The molecular weight excluding hydrogens is 380 g/mol. The third-order valence-electron chi connectivity index (χ3n) is 4.34. The van der Waals surface area contributed by atoms with Crippen molar-refractivity contribution in [3.8, 4) is 0 Å². The molecule has 0 unspecified atom stereocenters. The maximum absolute atomic E-state index is 12.5. The molecule has 1 aromatic heterocycles. The highest BCUT2D eigenvalue weighted by Crippen LogP contribution is 2.45. The van der Waals surface area contributed by atoms with E-state index in [1.54, 1.807) is 37.3 Å². The highest BCUT2D eigenvalue weighted by molar-refractivity contribution is 8.19. The number of ether oxygens (including phenoxy) is 1. The number of hydrogen-bond acceptors (Lipinski definition) is 6. The number of carbonyl (C=O) groups excluding carboxylic acids is 1. The molecule has 1 fully saturated rings. The van der Waals surface area contributed by atoms with Crippen LogP contribution >= 0.6 is 23.5 Å². The van der Waals surface area contributed by atoms with Crippen molar-refractivity contribution in [2.24, 2.45) is 0 Å². The summed E-state index contributed by atoms with van der Waals surface area (Å²) in [5.74, 6) is 2.22. The quantitative estimate of drug-likeness (QED) is 0.660. The Morgan fingerprint density at radius 2 is 1.85 bits per heavy atom. The van der Waals surface area contributed by atoms with Crippen molar-refractivity contribution < 1.29 is 9.53 Å². The van der Waals surface area contributed by atoms with Crippen LogP contribution < -0.4 is 5.56 Å². The molecule has 0 bridgehead atoms. The van der Waals surface area contributed by atoms with E-state index in [0.29, 0.717) is 26.9 Å². The van der Waals surface area contributed by atoms with E-state index in [-0.39, 0.29) is 5.56 Å². The third-order valence-corrected chi connectivity index (χ3v) is 7.44. The number of fused-ring (bicyclic) bond motifs is 1. The highest BCUT2D eigenvalue weighted by Gasteiger charge is 2.20. The topological polar surface area (TPSA) is 72.0 Å². The predicted octanol–water partition coefficient (Wildman–Crippen LogP) is 4.32. The van der Waals surface area contributed by atoms with Crippen LogP contribution in [-0.4, -0.2) is 27.4 Å². The Bertz CT molecular complexity index is 1030. The van der Waals surface area contributed by atoms with Crippen LogP contribution in [0.5, 0.6) is 0 Å². The van der Waals surface area contributed by atoms with Crippen LogP contribution in [0, 0.1) is 0 Å². The van der Waals surface area contributed by atoms with Crippen LogP contribution in [0.1, 0.15) is 39.4 Å². The van der Waals surface area contributed by atoms with E-state index in [4.69, 9.17) is 4.74 Å². The van der Waals surface area contributed by atoms with Gasteiger partial charge in [0.2, 0.25) is 0 Å². The second kappa shape index (κ2) is 7.78. The van der Waals surface area contributed by atoms with Crippen LogP contribution in [0.25, 0.3) is 10.9 Å². The van der Waals surface area contributed by atoms with Gasteiger partial charge in [0.15, 0.2) is 11.9 Å². The fourth-order valence-electron chi connectivity index (χ4n) is 2.91. The van der Waals surface area contributed by atoms with Gasteiger partial charge in [-0.15, -0.1) is 23.5 Å². The Hall–Kier alpha value is -2.25. The number of hydrogen-bond donors (Lipinski definition) is 1. The average Bonchev–Trinajstić information content (AvgIpc) is 3.23. The molecule has 1 N–H and O–H groups in total. The summed E-state index contributed by atoms with van der Waals surface area (Å²) in [5, 5.41) is 0.512. The number of carbonyl (C=O) groups is 1. The average molecular weight is 399 g/mol. The zero-order valence-corrected chi connectivity index (χ0v) is 16.3. The molecule has 138 valence electrons. The van der Waals surface area contributed by atoms with E-state index in [9.17, 15) is 9.59 Å². The molecule has 27 heavy (non-hydrogen) atoms. The van der Waals surface area contributed by atoms with Crippen LogP contribution in [0.3, 0.4) is 0 Å². The van der Waals surface area contributed by atoms with Crippen molar-refractivity contribution >= 4 is 40.4 Å². The molecule has 1 aliphatic rings. The summed E-state index contributed by atoms with van der Waals surface area (Å²) < 4.78 is 5.95. The Kier molecular flexibility index (Phi) is 5.22. The van der Waals surface area contributed by atoms with Gasteiger partial charge in [0.1, 0.15) is 0 Å². The first-order chi connectivity index (χ1) is 13.1. The smallest absolute Gasteiger partial charge is 0.338 e. The first-order valence-corrected chi connectivity index (χ1v) is 10.7. The Morgan fingerprint density at radius 1 is 1.15 bits per heavy atom. The third kappa shape index (κ3) is 3.89. The molecule has 0 aliphatic carbocycles. The van der Waals surface area contributed by atoms with E-state index in [1.165, 1.54) is 5.56 Å². The van der Waals surface area contributed by atoms with Gasteiger partial charge in [-0.25, -0.2) is 9.78 Å². The molecular formula is C20H18N2O3S2. The van der Waals surface area contributed by atoms with Gasteiger partial charge in [0.25, 0.3) is 5.56 Å². The summed E-state index contributed by atoms with van der Waals surface area (Å²) in [6, 6.07) is 14.6. The Labute approximate surface area is 164 Å². The molecule has 0 saturated carbocycles. The minimum atomic E-state index is -0.657. The number of para-hydroxylation sites is 1. The van der Waals surface area contributed by atoms with Gasteiger partial charge in [-0.3, -0.25) is 4.79 Å². The van der Waals surface area contributed by atoms with Crippen molar-refractivity contribution in [3.05, 3.63) is 75.8 Å². The van der Waals surface area contributed by atoms with Crippen molar-refractivity contribution in [2.45, 2.75) is 17.6 Å². The maximum atomic E-state index is 12.5. The van der Waals surface area contributed by atoms with Gasteiger partial charge in [-0.1, -0.05) is 24.3 Å². The van der Waals surface area contributed by atoms with E-state index >= 15 is 0 Å². The summed E-state index contributed by atoms with van der Waals surface area (Å²) in [6.45, 7) is 1.70. The second-order valence-corrected chi connectivity index (χ2v) is 8.94. The Morgan fingerprint density at radius 3 is 2.59 bits per heavy atom. The summed E-state index contributed by atoms with van der Waals surface area (Å²) in [4.78, 5) is 31.8. The highest BCUT2D eigenvalue weighted by atomic mass is 32.2. The fraction of sp³-hybridized carbons (Fsp3) is 0.250. The summed E-state index contributed by atoms with van der Waals surface area (Å²) >= 11 is 3.85. The molecule has 7 heteroatoms. The first-order valence-electron chi connectivity index (χ1n) is 8.65. The number of aromatic amines is 1. The van der Waals surface area contributed by atoms with Gasteiger partial charge >= 0.3 is 5.97 Å². The van der Waals surface area contributed by atoms with Gasteiger partial charge in [0.05, 0.1) is 21.0 Å². The number of H-pyrrole nitrogens is 1. The van der Waals surface area contributed by atoms with Crippen LogP contribution in [0.2, 0.25) is 0 Å². The summed E-state index contributed by atoms with van der Waals surface area (Å²) in [5.41, 5.74) is 2.04. The lowest BCUT2D eigenvalue weighted by Crippen LogP contribution is -2.17. The fourth-order valence-corrected chi connectivity index (χ4v) is 5.77. The number of nitrogens with one attached hydrogen (secondary N) is 1. The second-order valence-electron chi connectivity index (χ2n) is 6.21. The van der Waals surface area contributed by atoms with E-state index in [1.807, 2.05) is 41.7 Å². The van der Waals surface area contributed by atoms with Gasteiger partial charge in [0, 0.05) is 11.5 Å². The summed E-state index contributed by atoms with van der Waals surface area (Å²) in [6.07, 6.45) is -0.657. The Balaban J connectivity index is 1.49. The van der Waals surface area contributed by atoms with Gasteiger partial charge in [-0.2, -0.15) is 0 Å². The number of aromatic nitrogens is 2. The molecule has 0 amide bonds. The standard InChI is InChI=1S/C20H18N2O3S2/c1-12(17-21-16-5-3-2-4-15(16)18(23)22-17)25-19(24)13-6-8-14(9-7-13)20-26-10-11-27-20/h2-9,12,20H,10-11H2,1H3,(H,21,22,23)/t12-/m1/s1. The maximum Gasteiger partial charge on any atom is 0.338 e. The number of benzene rings is 2. The number of rotatable bonds is 4. The molecule has 0 radical (unpaired) electrons. The molecule has 1 saturated heterocycles. The lowest BCUT2D eigenvalue weighted by atomic mass is 10.1. The SMILES string of the molecule is C[C@@H](OC(=O)c1ccc(C2SCCS2)cc1)c1nc2ccccc2c(=O)[nH]1. The predicted molar refractivity (Wildman–Crippen MR) is 110 cm³/mol. The van der Waals surface area contributed by atoms with E-state index in [2.05, 4.69) is 9.97 Å². The molecule has 5 nitrogen and oxygen atoms in total. The van der Waals surface area contributed by atoms with Crippen LogP contribution in [-0.2, 0) is 4.74 Å². The van der Waals surface area contributed by atoms with Crippen LogP contribution in [0.15, 0.2) is 53.3 Å². The van der Waals surface area contributed by atoms with Crippen molar-refractivity contribution in [2.75, 3.05) is 11.5 Å². The van der Waals surface area contributed by atoms with Crippen molar-refractivity contribution in [1.82, 2.24) is 9.97 Å². The van der Waals surface area contributed by atoms with Crippen LogP contribution in [0.4, 0.5) is 0 Å². The zero-order chi connectivity index (χ0) is 18.8. The molecule has 1 aliphatic heterocycles. The molecule has 2 aromatic carbocycles. The lowest BCUT2D eigenvalue weighted by molar-refractivity contribution is 0.0320. The molecule has 1 atom stereocenters.